The maximum Gasteiger partial charge on any atom is 0.279 e. The Kier molecular flexibility index (Phi) is 2.97. The largest absolute Gasteiger partial charge is 0.331 e. The highest BCUT2D eigenvalue weighted by Gasteiger charge is 2.18. The van der Waals surface area contributed by atoms with Crippen LogP contribution in [0.25, 0.3) is 0 Å². The molecule has 1 amide bonds. The van der Waals surface area contributed by atoms with Crippen LogP contribution in [0.15, 0.2) is 17.2 Å². The molecule has 0 saturated carbocycles. The van der Waals surface area contributed by atoms with Crippen molar-refractivity contribution in [2.75, 3.05) is 5.32 Å². The summed E-state index contributed by atoms with van der Waals surface area (Å²) in [6, 6.07) is 0. The van der Waals surface area contributed by atoms with Gasteiger partial charge in [0.1, 0.15) is 5.56 Å². The van der Waals surface area contributed by atoms with Crippen LogP contribution in [0, 0.1) is 13.8 Å². The number of anilines is 1. The van der Waals surface area contributed by atoms with Crippen LogP contribution >= 0.6 is 0 Å². The van der Waals surface area contributed by atoms with Gasteiger partial charge in [-0.2, -0.15) is 5.10 Å². The van der Waals surface area contributed by atoms with Crippen LogP contribution < -0.4 is 10.9 Å². The van der Waals surface area contributed by atoms with E-state index in [9.17, 15) is 9.59 Å². The molecule has 2 aromatic heterocycles. The van der Waals surface area contributed by atoms with E-state index in [1.165, 1.54) is 13.2 Å². The zero-order valence-electron chi connectivity index (χ0n) is 10.3. The molecule has 0 bridgehead atoms. The molecule has 2 heterocycles. The molecule has 0 aliphatic rings. The van der Waals surface area contributed by atoms with Crippen molar-refractivity contribution in [2.24, 2.45) is 7.05 Å². The van der Waals surface area contributed by atoms with E-state index in [2.05, 4.69) is 20.4 Å². The number of nitrogens with zero attached hydrogens (tertiary/aromatic N) is 3. The summed E-state index contributed by atoms with van der Waals surface area (Å²) in [6.07, 6.45) is 3.09. The maximum absolute atomic E-state index is 12.0. The molecule has 0 unspecified atom stereocenters. The number of aromatic nitrogens is 4. The van der Waals surface area contributed by atoms with E-state index < -0.39 is 11.5 Å². The van der Waals surface area contributed by atoms with E-state index in [1.807, 2.05) is 0 Å². The number of hydrogen-bond donors (Lipinski definition) is 2. The summed E-state index contributed by atoms with van der Waals surface area (Å²) in [5, 5.41) is 6.54. The Morgan fingerprint density at radius 2 is 2.17 bits per heavy atom. The molecule has 7 nitrogen and oxygen atoms in total. The van der Waals surface area contributed by atoms with E-state index in [-0.39, 0.29) is 5.56 Å². The van der Waals surface area contributed by atoms with Crippen LogP contribution in [-0.2, 0) is 7.05 Å². The molecule has 0 fully saturated rings. The van der Waals surface area contributed by atoms with Gasteiger partial charge in [-0.3, -0.25) is 14.9 Å². The normalized spacial score (nSPS) is 10.4. The number of hydrogen-bond acceptors (Lipinski definition) is 4. The third-order valence-corrected chi connectivity index (χ3v) is 2.68. The van der Waals surface area contributed by atoms with Crippen LogP contribution in [0.3, 0.4) is 0 Å². The number of imidazole rings is 1. The average Bonchev–Trinajstić information content (AvgIpc) is 2.79. The predicted molar refractivity (Wildman–Crippen MR) is 65.5 cm³/mol. The fourth-order valence-corrected chi connectivity index (χ4v) is 1.62. The van der Waals surface area contributed by atoms with Gasteiger partial charge in [0.2, 0.25) is 5.95 Å². The fraction of sp³-hybridized carbons (Fsp3) is 0.273. The summed E-state index contributed by atoms with van der Waals surface area (Å²) < 4.78 is 1.15. The number of nitrogens with one attached hydrogen (secondary N) is 2. The fourth-order valence-electron chi connectivity index (χ4n) is 1.62. The molecule has 2 rings (SSSR count). The molecule has 0 spiro atoms. The molecular weight excluding hydrogens is 234 g/mol. The Morgan fingerprint density at radius 3 is 2.78 bits per heavy atom. The summed E-state index contributed by atoms with van der Waals surface area (Å²) in [5.41, 5.74) is 0.868. The molecule has 94 valence electrons. The first-order valence-electron chi connectivity index (χ1n) is 5.36. The minimum Gasteiger partial charge on any atom is -0.331 e. The summed E-state index contributed by atoms with van der Waals surface area (Å²) in [7, 11) is 1.51. The SMILES string of the molecule is Cc1nn(C)c(=O)c(C(=O)Nc2ncc[nH]2)c1C. The lowest BCUT2D eigenvalue weighted by atomic mass is 10.1. The molecule has 2 N–H and O–H groups in total. The summed E-state index contributed by atoms with van der Waals surface area (Å²) in [4.78, 5) is 30.6. The van der Waals surface area contributed by atoms with Crippen molar-refractivity contribution < 1.29 is 4.79 Å². The molecule has 0 aliphatic carbocycles. The molecule has 18 heavy (non-hydrogen) atoms. The minimum absolute atomic E-state index is 0.0846. The molecule has 7 heteroatoms. The molecular formula is C11H13N5O2. The average molecular weight is 247 g/mol. The van der Waals surface area contributed by atoms with Gasteiger partial charge < -0.3 is 4.98 Å². The first kappa shape index (κ1) is 12.0. The maximum atomic E-state index is 12.0. The van der Waals surface area contributed by atoms with Gasteiger partial charge >= 0.3 is 0 Å². The monoisotopic (exact) mass is 247 g/mol. The van der Waals surface area contributed by atoms with Crippen LogP contribution in [0.4, 0.5) is 5.95 Å². The standard InChI is InChI=1S/C11H13N5O2/c1-6-7(2)15-16(3)10(18)8(6)9(17)14-11-12-4-5-13-11/h4-5H,1-3H3,(H2,12,13,14,17). The number of rotatable bonds is 2. The highest BCUT2D eigenvalue weighted by Crippen LogP contribution is 2.07. The van der Waals surface area contributed by atoms with E-state index in [0.717, 1.165) is 4.68 Å². The zero-order chi connectivity index (χ0) is 13.3. The van der Waals surface area contributed by atoms with Crippen molar-refractivity contribution in [1.82, 2.24) is 19.7 Å². The molecule has 0 radical (unpaired) electrons. The molecule has 0 aliphatic heterocycles. The number of aromatic amines is 1. The second-order valence-corrected chi connectivity index (χ2v) is 3.91. The van der Waals surface area contributed by atoms with Gasteiger partial charge in [-0.15, -0.1) is 0 Å². The molecule has 0 saturated heterocycles. The third kappa shape index (κ3) is 2.02. The first-order valence-corrected chi connectivity index (χ1v) is 5.36. The summed E-state index contributed by atoms with van der Waals surface area (Å²) in [6.45, 7) is 3.44. The van der Waals surface area contributed by atoms with Crippen molar-refractivity contribution >= 4 is 11.9 Å². The van der Waals surface area contributed by atoms with E-state index >= 15 is 0 Å². The van der Waals surface area contributed by atoms with Crippen molar-refractivity contribution in [3.8, 4) is 0 Å². The smallest absolute Gasteiger partial charge is 0.279 e. The van der Waals surface area contributed by atoms with Crippen LogP contribution in [-0.4, -0.2) is 25.7 Å². The number of aryl methyl sites for hydroxylation is 2. The Hall–Kier alpha value is -2.44. The summed E-state index contributed by atoms with van der Waals surface area (Å²) in [5.74, 6) is -0.190. The van der Waals surface area contributed by atoms with Crippen molar-refractivity contribution in [1.29, 1.82) is 0 Å². The van der Waals surface area contributed by atoms with Crippen LogP contribution in [0.1, 0.15) is 21.6 Å². The van der Waals surface area contributed by atoms with Crippen molar-refractivity contribution in [2.45, 2.75) is 13.8 Å². The Labute approximate surface area is 103 Å². The number of carbonyl (C=O) groups excluding carboxylic acids is 1. The van der Waals surface area contributed by atoms with Gasteiger partial charge in [-0.05, 0) is 19.4 Å². The van der Waals surface area contributed by atoms with E-state index in [4.69, 9.17) is 0 Å². The van der Waals surface area contributed by atoms with Gasteiger partial charge in [0.05, 0.1) is 5.69 Å². The van der Waals surface area contributed by atoms with Gasteiger partial charge in [0, 0.05) is 19.4 Å². The molecule has 2 aromatic rings. The number of H-pyrrole nitrogens is 1. The second kappa shape index (κ2) is 4.44. The lowest BCUT2D eigenvalue weighted by Gasteiger charge is -2.08. The van der Waals surface area contributed by atoms with Crippen LogP contribution in [0.5, 0.6) is 0 Å². The topological polar surface area (TPSA) is 92.7 Å². The second-order valence-electron chi connectivity index (χ2n) is 3.91. The van der Waals surface area contributed by atoms with Crippen LogP contribution in [0.2, 0.25) is 0 Å². The molecule has 0 aromatic carbocycles. The van der Waals surface area contributed by atoms with Crippen molar-refractivity contribution in [3.63, 3.8) is 0 Å². The number of amides is 1. The Balaban J connectivity index is 2.45. The Morgan fingerprint density at radius 1 is 1.44 bits per heavy atom. The Bertz CT molecular complexity index is 642. The quantitative estimate of drug-likeness (QED) is 0.802. The lowest BCUT2D eigenvalue weighted by Crippen LogP contribution is -2.31. The van der Waals surface area contributed by atoms with Gasteiger partial charge in [0.25, 0.3) is 11.5 Å². The lowest BCUT2D eigenvalue weighted by molar-refractivity contribution is 0.102. The van der Waals surface area contributed by atoms with Gasteiger partial charge in [-0.25, -0.2) is 9.67 Å². The highest BCUT2D eigenvalue weighted by atomic mass is 16.2. The minimum atomic E-state index is -0.492. The van der Waals surface area contributed by atoms with Crippen molar-refractivity contribution in [3.05, 3.63) is 39.6 Å². The zero-order valence-corrected chi connectivity index (χ0v) is 10.3. The number of carbonyl (C=O) groups is 1. The highest BCUT2D eigenvalue weighted by molar-refractivity contribution is 6.04. The predicted octanol–water partition coefficient (Wildman–Crippen LogP) is 0.373. The van der Waals surface area contributed by atoms with E-state index in [1.54, 1.807) is 20.0 Å². The molecule has 0 atom stereocenters. The van der Waals surface area contributed by atoms with Gasteiger partial charge in [0.15, 0.2) is 0 Å². The van der Waals surface area contributed by atoms with E-state index in [0.29, 0.717) is 17.2 Å². The summed E-state index contributed by atoms with van der Waals surface area (Å²) >= 11 is 0. The first-order chi connectivity index (χ1) is 8.50. The third-order valence-electron chi connectivity index (χ3n) is 2.68. The van der Waals surface area contributed by atoms with Gasteiger partial charge in [-0.1, -0.05) is 0 Å².